The van der Waals surface area contributed by atoms with E-state index in [1.165, 1.54) is 0 Å². The predicted octanol–water partition coefficient (Wildman–Crippen LogP) is 2.26. The summed E-state index contributed by atoms with van der Waals surface area (Å²) in [5.41, 5.74) is 0.457. The van der Waals surface area contributed by atoms with Crippen LogP contribution in [0.2, 0.25) is 0 Å². The van der Waals surface area contributed by atoms with Crippen molar-refractivity contribution in [3.8, 4) is 11.5 Å². The third-order valence-corrected chi connectivity index (χ3v) is 4.69. The fraction of sp³-hybridized carbons (Fsp3) is 0.500. The fourth-order valence-electron chi connectivity index (χ4n) is 3.11. The number of nitrogens with zero attached hydrogens (tertiary/aromatic N) is 2. The molecule has 0 bridgehead atoms. The minimum Gasteiger partial charge on any atom is -0.493 e. The van der Waals surface area contributed by atoms with Crippen LogP contribution in [0, 0.1) is 5.92 Å². The Balaban J connectivity index is 1.45. The van der Waals surface area contributed by atoms with Gasteiger partial charge in [0.1, 0.15) is 5.69 Å². The molecule has 1 fully saturated rings. The lowest BCUT2D eigenvalue weighted by Gasteiger charge is -2.22. The van der Waals surface area contributed by atoms with Crippen LogP contribution in [0.3, 0.4) is 0 Å². The van der Waals surface area contributed by atoms with E-state index in [0.717, 1.165) is 25.9 Å². The molecular formula is C20H28N4O3. The first-order valence-electron chi connectivity index (χ1n) is 9.47. The maximum Gasteiger partial charge on any atom is 0.271 e. The molecule has 3 rings (SSSR count). The Morgan fingerprint density at radius 2 is 2.19 bits per heavy atom. The third-order valence-electron chi connectivity index (χ3n) is 4.69. The first-order chi connectivity index (χ1) is 13.2. The SMILES string of the molecule is COc1ccccc1OCC(C)CNC(=O)c1ccn(C2CCCNC2)n1. The Morgan fingerprint density at radius 3 is 2.93 bits per heavy atom. The number of piperidine rings is 1. The maximum atomic E-state index is 12.4. The van der Waals surface area contributed by atoms with Crippen molar-refractivity contribution < 1.29 is 14.3 Å². The van der Waals surface area contributed by atoms with E-state index < -0.39 is 0 Å². The predicted molar refractivity (Wildman–Crippen MR) is 103 cm³/mol. The van der Waals surface area contributed by atoms with Gasteiger partial charge in [-0.05, 0) is 37.6 Å². The molecule has 1 amide bonds. The van der Waals surface area contributed by atoms with Crippen molar-refractivity contribution in [3.63, 3.8) is 0 Å². The van der Waals surface area contributed by atoms with Gasteiger partial charge in [0.05, 0.1) is 19.8 Å². The Hall–Kier alpha value is -2.54. The van der Waals surface area contributed by atoms with Crippen molar-refractivity contribution in [1.29, 1.82) is 0 Å². The number of benzene rings is 1. The molecule has 2 atom stereocenters. The van der Waals surface area contributed by atoms with Gasteiger partial charge in [0, 0.05) is 25.2 Å². The maximum absolute atomic E-state index is 12.4. The van der Waals surface area contributed by atoms with Gasteiger partial charge < -0.3 is 20.1 Å². The molecule has 0 radical (unpaired) electrons. The average Bonchev–Trinajstić information content (AvgIpc) is 3.21. The average molecular weight is 372 g/mol. The van der Waals surface area contributed by atoms with Crippen LogP contribution in [0.25, 0.3) is 0 Å². The van der Waals surface area contributed by atoms with Gasteiger partial charge in [0.15, 0.2) is 11.5 Å². The van der Waals surface area contributed by atoms with Crippen molar-refractivity contribution in [3.05, 3.63) is 42.2 Å². The lowest BCUT2D eigenvalue weighted by Crippen LogP contribution is -2.33. The van der Waals surface area contributed by atoms with Crippen LogP contribution in [0.1, 0.15) is 36.3 Å². The zero-order valence-electron chi connectivity index (χ0n) is 16.0. The van der Waals surface area contributed by atoms with Crippen LogP contribution >= 0.6 is 0 Å². The number of carbonyl (C=O) groups excluding carboxylic acids is 1. The van der Waals surface area contributed by atoms with E-state index in [0.29, 0.717) is 36.4 Å². The van der Waals surface area contributed by atoms with E-state index in [1.54, 1.807) is 13.2 Å². The topological polar surface area (TPSA) is 77.4 Å². The van der Waals surface area contributed by atoms with Crippen LogP contribution in [0.4, 0.5) is 0 Å². The van der Waals surface area contributed by atoms with E-state index in [1.807, 2.05) is 42.1 Å². The third kappa shape index (κ3) is 5.23. The summed E-state index contributed by atoms with van der Waals surface area (Å²) in [4.78, 5) is 12.4. The lowest BCUT2D eigenvalue weighted by molar-refractivity contribution is 0.0937. The van der Waals surface area contributed by atoms with Gasteiger partial charge in [-0.2, -0.15) is 5.10 Å². The largest absolute Gasteiger partial charge is 0.493 e. The molecule has 0 aliphatic carbocycles. The van der Waals surface area contributed by atoms with E-state index in [-0.39, 0.29) is 11.8 Å². The molecule has 27 heavy (non-hydrogen) atoms. The van der Waals surface area contributed by atoms with E-state index >= 15 is 0 Å². The highest BCUT2D eigenvalue weighted by molar-refractivity contribution is 5.92. The van der Waals surface area contributed by atoms with Crippen molar-refractivity contribution in [2.24, 2.45) is 5.92 Å². The zero-order chi connectivity index (χ0) is 19.1. The van der Waals surface area contributed by atoms with Gasteiger partial charge in [-0.3, -0.25) is 9.48 Å². The summed E-state index contributed by atoms with van der Waals surface area (Å²) >= 11 is 0. The molecule has 2 aromatic rings. The van der Waals surface area contributed by atoms with E-state index in [2.05, 4.69) is 15.7 Å². The quantitative estimate of drug-likeness (QED) is 0.743. The molecule has 2 unspecified atom stereocenters. The van der Waals surface area contributed by atoms with Gasteiger partial charge in [0.25, 0.3) is 5.91 Å². The van der Waals surface area contributed by atoms with E-state index in [9.17, 15) is 4.79 Å². The van der Waals surface area contributed by atoms with Crippen molar-refractivity contribution in [1.82, 2.24) is 20.4 Å². The van der Waals surface area contributed by atoms with Crippen LogP contribution in [0.5, 0.6) is 11.5 Å². The number of hydrogen-bond donors (Lipinski definition) is 2. The lowest BCUT2D eigenvalue weighted by atomic mass is 10.1. The van der Waals surface area contributed by atoms with Gasteiger partial charge in [0.2, 0.25) is 0 Å². The molecule has 0 spiro atoms. The van der Waals surface area contributed by atoms with Gasteiger partial charge in [-0.15, -0.1) is 0 Å². The summed E-state index contributed by atoms with van der Waals surface area (Å²) in [5.74, 6) is 1.42. The minimum absolute atomic E-state index is 0.151. The highest BCUT2D eigenvalue weighted by Gasteiger charge is 2.18. The van der Waals surface area contributed by atoms with Crippen molar-refractivity contribution in [2.75, 3.05) is 33.4 Å². The Kier molecular flexibility index (Phi) is 6.70. The number of aromatic nitrogens is 2. The molecule has 1 aromatic heterocycles. The highest BCUT2D eigenvalue weighted by Crippen LogP contribution is 2.26. The second kappa shape index (κ2) is 9.41. The molecule has 1 saturated heterocycles. The Bertz CT molecular complexity index is 740. The number of hydrogen-bond acceptors (Lipinski definition) is 5. The van der Waals surface area contributed by atoms with Gasteiger partial charge in [-0.25, -0.2) is 0 Å². The van der Waals surface area contributed by atoms with Crippen molar-refractivity contribution >= 4 is 5.91 Å². The molecule has 1 aliphatic heterocycles. The highest BCUT2D eigenvalue weighted by atomic mass is 16.5. The van der Waals surface area contributed by atoms with E-state index in [4.69, 9.17) is 9.47 Å². The molecule has 146 valence electrons. The van der Waals surface area contributed by atoms with Gasteiger partial charge >= 0.3 is 0 Å². The summed E-state index contributed by atoms with van der Waals surface area (Å²) < 4.78 is 13.0. The number of para-hydroxylation sites is 2. The molecule has 0 saturated carbocycles. The molecule has 1 aromatic carbocycles. The normalized spacial score (nSPS) is 17.9. The summed E-state index contributed by atoms with van der Waals surface area (Å²) in [7, 11) is 1.62. The number of rotatable bonds is 8. The van der Waals surface area contributed by atoms with Crippen LogP contribution in [-0.4, -0.2) is 49.0 Å². The first-order valence-corrected chi connectivity index (χ1v) is 9.47. The molecule has 7 nitrogen and oxygen atoms in total. The van der Waals surface area contributed by atoms with Crippen LogP contribution in [-0.2, 0) is 0 Å². The van der Waals surface area contributed by atoms with Gasteiger partial charge in [-0.1, -0.05) is 19.1 Å². The van der Waals surface area contributed by atoms with Crippen LogP contribution in [0.15, 0.2) is 36.5 Å². The molecule has 1 aliphatic rings. The summed E-state index contributed by atoms with van der Waals surface area (Å²) in [6.45, 7) is 5.00. The molecule has 2 heterocycles. The summed E-state index contributed by atoms with van der Waals surface area (Å²) in [6.07, 6.45) is 4.11. The fourth-order valence-corrected chi connectivity index (χ4v) is 3.11. The molecule has 7 heteroatoms. The monoisotopic (exact) mass is 372 g/mol. The number of nitrogens with one attached hydrogen (secondary N) is 2. The summed E-state index contributed by atoms with van der Waals surface area (Å²) in [6, 6.07) is 9.64. The molecule has 2 N–H and O–H groups in total. The first kappa shape index (κ1) is 19.2. The standard InChI is InChI=1S/C20H28N4O3/c1-15(14-27-19-8-4-3-7-18(19)26-2)12-22-20(25)17-9-11-24(23-17)16-6-5-10-21-13-16/h3-4,7-9,11,15-16,21H,5-6,10,12-14H2,1-2H3,(H,22,25). The Labute approximate surface area is 160 Å². The summed E-state index contributed by atoms with van der Waals surface area (Å²) in [5, 5.41) is 10.7. The smallest absolute Gasteiger partial charge is 0.271 e. The number of methoxy groups -OCH3 is 1. The zero-order valence-corrected chi connectivity index (χ0v) is 16.0. The Morgan fingerprint density at radius 1 is 1.37 bits per heavy atom. The minimum atomic E-state index is -0.151. The number of amides is 1. The number of carbonyl (C=O) groups is 1. The second-order valence-electron chi connectivity index (χ2n) is 6.96. The van der Waals surface area contributed by atoms with Crippen molar-refractivity contribution in [2.45, 2.75) is 25.8 Å². The van der Waals surface area contributed by atoms with Crippen LogP contribution < -0.4 is 20.1 Å². The molecular weight excluding hydrogens is 344 g/mol. The number of ether oxygens (including phenoxy) is 2. The second-order valence-corrected chi connectivity index (χ2v) is 6.96.